The van der Waals surface area contributed by atoms with Gasteiger partial charge in [0.25, 0.3) is 0 Å². The summed E-state index contributed by atoms with van der Waals surface area (Å²) in [4.78, 5) is 23.6. The standard InChI is InChI=1S/C15H17N3O3/c1-3-11-6-4-5-7-12(11)16-14(19)9-15(20)17-13-8-10(2)21-18-13/h4-8H,3,9H2,1-2H3,(H,16,19)(H,17,18,20). The van der Waals surface area contributed by atoms with E-state index in [-0.39, 0.29) is 12.3 Å². The molecule has 0 bridgehead atoms. The fourth-order valence-corrected chi connectivity index (χ4v) is 1.90. The molecule has 0 aliphatic heterocycles. The molecule has 1 heterocycles. The number of amides is 2. The lowest BCUT2D eigenvalue weighted by molar-refractivity contribution is -0.123. The fourth-order valence-electron chi connectivity index (χ4n) is 1.90. The van der Waals surface area contributed by atoms with Crippen LogP contribution in [0.2, 0.25) is 0 Å². The number of hydrogen-bond donors (Lipinski definition) is 2. The zero-order valence-corrected chi connectivity index (χ0v) is 12.0. The fraction of sp³-hybridized carbons (Fsp3) is 0.267. The zero-order chi connectivity index (χ0) is 15.2. The van der Waals surface area contributed by atoms with Gasteiger partial charge in [-0.2, -0.15) is 0 Å². The van der Waals surface area contributed by atoms with E-state index in [9.17, 15) is 9.59 Å². The molecule has 2 aromatic rings. The Morgan fingerprint density at radius 2 is 1.90 bits per heavy atom. The number of hydrogen-bond acceptors (Lipinski definition) is 4. The SMILES string of the molecule is CCc1ccccc1NC(=O)CC(=O)Nc1cc(C)on1. The van der Waals surface area contributed by atoms with E-state index in [2.05, 4.69) is 15.8 Å². The molecule has 0 spiro atoms. The molecule has 6 heteroatoms. The van der Waals surface area contributed by atoms with Gasteiger partial charge in [-0.3, -0.25) is 9.59 Å². The molecular weight excluding hydrogens is 270 g/mol. The Kier molecular flexibility index (Phi) is 4.71. The molecule has 0 fully saturated rings. The third kappa shape index (κ3) is 4.17. The van der Waals surface area contributed by atoms with Crippen LogP contribution in [0.3, 0.4) is 0 Å². The summed E-state index contributed by atoms with van der Waals surface area (Å²) in [6, 6.07) is 9.09. The lowest BCUT2D eigenvalue weighted by Gasteiger charge is -2.09. The van der Waals surface area contributed by atoms with Crippen molar-refractivity contribution in [3.05, 3.63) is 41.7 Å². The number of rotatable bonds is 5. The highest BCUT2D eigenvalue weighted by Crippen LogP contribution is 2.15. The van der Waals surface area contributed by atoms with Crippen molar-refractivity contribution in [2.75, 3.05) is 10.6 Å². The summed E-state index contributed by atoms with van der Waals surface area (Å²) in [5, 5.41) is 8.88. The van der Waals surface area contributed by atoms with Gasteiger partial charge < -0.3 is 15.2 Å². The van der Waals surface area contributed by atoms with Crippen molar-refractivity contribution in [3.8, 4) is 0 Å². The molecule has 110 valence electrons. The molecule has 0 aliphatic rings. The van der Waals surface area contributed by atoms with Gasteiger partial charge in [0.1, 0.15) is 12.2 Å². The molecule has 2 amide bonds. The van der Waals surface area contributed by atoms with E-state index in [1.165, 1.54) is 0 Å². The van der Waals surface area contributed by atoms with Gasteiger partial charge in [0.15, 0.2) is 5.82 Å². The Labute approximate surface area is 122 Å². The van der Waals surface area contributed by atoms with Crippen molar-refractivity contribution in [3.63, 3.8) is 0 Å². The van der Waals surface area contributed by atoms with E-state index in [4.69, 9.17) is 4.52 Å². The number of nitrogens with zero attached hydrogens (tertiary/aromatic N) is 1. The van der Waals surface area contributed by atoms with Gasteiger partial charge in [-0.25, -0.2) is 0 Å². The quantitative estimate of drug-likeness (QED) is 0.827. The van der Waals surface area contributed by atoms with Gasteiger partial charge in [0.05, 0.1) is 0 Å². The molecule has 1 aromatic carbocycles. The minimum atomic E-state index is -0.435. The molecule has 2 N–H and O–H groups in total. The Morgan fingerprint density at radius 1 is 1.19 bits per heavy atom. The normalized spacial score (nSPS) is 10.2. The third-order valence-corrected chi connectivity index (χ3v) is 2.89. The highest BCUT2D eigenvalue weighted by molar-refractivity contribution is 6.07. The van der Waals surface area contributed by atoms with Gasteiger partial charge in [-0.05, 0) is 25.0 Å². The maximum atomic E-state index is 11.9. The number of aryl methyl sites for hydroxylation is 2. The second kappa shape index (κ2) is 6.69. The Bertz CT molecular complexity index is 649. The molecule has 2 rings (SSSR count). The Morgan fingerprint density at radius 3 is 2.57 bits per heavy atom. The number of benzene rings is 1. The van der Waals surface area contributed by atoms with E-state index < -0.39 is 5.91 Å². The number of para-hydroxylation sites is 1. The van der Waals surface area contributed by atoms with Crippen molar-refractivity contribution in [1.82, 2.24) is 5.16 Å². The van der Waals surface area contributed by atoms with E-state index in [1.807, 2.05) is 31.2 Å². The zero-order valence-electron chi connectivity index (χ0n) is 12.0. The monoisotopic (exact) mass is 287 g/mol. The summed E-state index contributed by atoms with van der Waals surface area (Å²) in [5.41, 5.74) is 1.76. The first-order valence-corrected chi connectivity index (χ1v) is 6.69. The molecule has 21 heavy (non-hydrogen) atoms. The maximum absolute atomic E-state index is 11.9. The van der Waals surface area contributed by atoms with Crippen molar-refractivity contribution < 1.29 is 14.1 Å². The minimum absolute atomic E-state index is 0.274. The Balaban J connectivity index is 1.90. The van der Waals surface area contributed by atoms with Crippen molar-refractivity contribution in [2.45, 2.75) is 26.7 Å². The second-order valence-corrected chi connectivity index (χ2v) is 4.61. The van der Waals surface area contributed by atoms with Crippen molar-refractivity contribution >= 4 is 23.3 Å². The number of nitrogens with one attached hydrogen (secondary N) is 2. The summed E-state index contributed by atoms with van der Waals surface area (Å²) in [6.07, 6.45) is 0.533. The predicted octanol–water partition coefficient (Wildman–Crippen LogP) is 2.51. The average Bonchev–Trinajstić information content (AvgIpc) is 2.84. The predicted molar refractivity (Wildman–Crippen MR) is 78.9 cm³/mol. The van der Waals surface area contributed by atoms with Crippen LogP contribution in [0.25, 0.3) is 0 Å². The lowest BCUT2D eigenvalue weighted by Crippen LogP contribution is -2.22. The van der Waals surface area contributed by atoms with Gasteiger partial charge in [-0.15, -0.1) is 0 Å². The first-order valence-electron chi connectivity index (χ1n) is 6.69. The molecule has 0 aliphatic carbocycles. The van der Waals surface area contributed by atoms with Crippen LogP contribution in [0.5, 0.6) is 0 Å². The van der Waals surface area contributed by atoms with Crippen LogP contribution >= 0.6 is 0 Å². The van der Waals surface area contributed by atoms with Crippen LogP contribution in [-0.2, 0) is 16.0 Å². The second-order valence-electron chi connectivity index (χ2n) is 4.61. The number of aromatic nitrogens is 1. The molecule has 6 nitrogen and oxygen atoms in total. The minimum Gasteiger partial charge on any atom is -0.360 e. The van der Waals surface area contributed by atoms with Crippen LogP contribution < -0.4 is 10.6 Å². The first-order chi connectivity index (χ1) is 10.1. The Hall–Kier alpha value is -2.63. The molecule has 1 aromatic heterocycles. The number of carbonyl (C=O) groups excluding carboxylic acids is 2. The van der Waals surface area contributed by atoms with E-state index >= 15 is 0 Å². The van der Waals surface area contributed by atoms with E-state index in [1.54, 1.807) is 13.0 Å². The average molecular weight is 287 g/mol. The third-order valence-electron chi connectivity index (χ3n) is 2.89. The highest BCUT2D eigenvalue weighted by Gasteiger charge is 2.12. The smallest absolute Gasteiger partial charge is 0.235 e. The molecule has 0 radical (unpaired) electrons. The van der Waals surface area contributed by atoms with Crippen LogP contribution in [0.15, 0.2) is 34.9 Å². The first kappa shape index (κ1) is 14.8. The lowest BCUT2D eigenvalue weighted by atomic mass is 10.1. The highest BCUT2D eigenvalue weighted by atomic mass is 16.5. The summed E-state index contributed by atoms with van der Waals surface area (Å²) in [7, 11) is 0. The number of anilines is 2. The topological polar surface area (TPSA) is 84.2 Å². The van der Waals surface area contributed by atoms with Gasteiger partial charge in [0, 0.05) is 11.8 Å². The van der Waals surface area contributed by atoms with Gasteiger partial charge in [0.2, 0.25) is 11.8 Å². The van der Waals surface area contributed by atoms with Crippen molar-refractivity contribution in [1.29, 1.82) is 0 Å². The van der Waals surface area contributed by atoms with Crippen LogP contribution in [0.1, 0.15) is 24.7 Å². The van der Waals surface area contributed by atoms with Crippen LogP contribution in [0, 0.1) is 6.92 Å². The molecule has 0 unspecified atom stereocenters. The molecule has 0 saturated heterocycles. The summed E-state index contributed by atoms with van der Waals surface area (Å²) in [5.74, 6) is 0.0919. The van der Waals surface area contributed by atoms with Crippen LogP contribution in [-0.4, -0.2) is 17.0 Å². The summed E-state index contributed by atoms with van der Waals surface area (Å²) in [6.45, 7) is 3.72. The van der Waals surface area contributed by atoms with Gasteiger partial charge >= 0.3 is 0 Å². The van der Waals surface area contributed by atoms with E-state index in [0.717, 1.165) is 17.7 Å². The largest absolute Gasteiger partial charge is 0.360 e. The molecule has 0 atom stereocenters. The van der Waals surface area contributed by atoms with Gasteiger partial charge in [-0.1, -0.05) is 30.3 Å². The maximum Gasteiger partial charge on any atom is 0.235 e. The van der Waals surface area contributed by atoms with Crippen molar-refractivity contribution in [2.24, 2.45) is 0 Å². The summed E-state index contributed by atoms with van der Waals surface area (Å²) < 4.78 is 4.83. The number of carbonyl (C=O) groups is 2. The molecular formula is C15H17N3O3. The van der Waals surface area contributed by atoms with E-state index in [0.29, 0.717) is 11.6 Å². The molecule has 0 saturated carbocycles. The van der Waals surface area contributed by atoms with Crippen LogP contribution in [0.4, 0.5) is 11.5 Å². The summed E-state index contributed by atoms with van der Waals surface area (Å²) >= 11 is 0.